The predicted molar refractivity (Wildman–Crippen MR) is 146 cm³/mol. The molecule has 0 radical (unpaired) electrons. The summed E-state index contributed by atoms with van der Waals surface area (Å²) in [4.78, 5) is 0. The quantitative estimate of drug-likeness (QED) is 0.232. The van der Waals surface area contributed by atoms with Crippen LogP contribution in [0.4, 0.5) is 0 Å². The highest BCUT2D eigenvalue weighted by molar-refractivity contribution is 7.82. The fourth-order valence-electron chi connectivity index (χ4n) is 5.08. The standard InChI is InChI=1S/C31H26O4S/c1-2-3-4-7-21-10-12-22(13-11-21)24-14-17-27-25(20-24)16-19-29-31(27)30-26-9-6-5-8-23(26)15-18-28(30)34-36(32,33)35-29/h5-6,8-20H,2-4,7H2,1H3. The van der Waals surface area contributed by atoms with Gasteiger partial charge in [0.05, 0.1) is 0 Å². The first-order chi connectivity index (χ1) is 17.5. The summed E-state index contributed by atoms with van der Waals surface area (Å²) in [5, 5.41) is 3.82. The van der Waals surface area contributed by atoms with Crippen molar-refractivity contribution in [3.8, 4) is 33.8 Å². The minimum Gasteiger partial charge on any atom is -0.352 e. The molecule has 5 aromatic carbocycles. The SMILES string of the molecule is CCCCCc1ccc(-c2ccc3c4c(ccc3c2)OS(=O)(=O)Oc2ccc3ccccc3c2-4)cc1. The molecule has 1 aliphatic heterocycles. The number of hydrogen-bond donors (Lipinski definition) is 0. The molecule has 0 spiro atoms. The predicted octanol–water partition coefficient (Wildman–Crippen LogP) is 8.08. The molecule has 0 bridgehead atoms. The van der Waals surface area contributed by atoms with Gasteiger partial charge in [0.1, 0.15) is 0 Å². The Morgan fingerprint density at radius 2 is 1.28 bits per heavy atom. The van der Waals surface area contributed by atoms with Crippen molar-refractivity contribution in [3.63, 3.8) is 0 Å². The number of rotatable bonds is 5. The van der Waals surface area contributed by atoms with E-state index in [0.717, 1.165) is 50.2 Å². The van der Waals surface area contributed by atoms with Gasteiger partial charge in [-0.2, -0.15) is 0 Å². The van der Waals surface area contributed by atoms with Crippen LogP contribution >= 0.6 is 0 Å². The van der Waals surface area contributed by atoms with Gasteiger partial charge in [-0.3, -0.25) is 0 Å². The lowest BCUT2D eigenvalue weighted by molar-refractivity contribution is 0.398. The van der Waals surface area contributed by atoms with Gasteiger partial charge >= 0.3 is 10.4 Å². The molecule has 1 heterocycles. The van der Waals surface area contributed by atoms with Crippen LogP contribution in [0.2, 0.25) is 0 Å². The zero-order chi connectivity index (χ0) is 24.7. The zero-order valence-electron chi connectivity index (χ0n) is 20.0. The highest BCUT2D eigenvalue weighted by Crippen LogP contribution is 2.48. The molecular formula is C31H26O4S. The number of benzene rings is 5. The van der Waals surface area contributed by atoms with Crippen molar-refractivity contribution in [1.82, 2.24) is 0 Å². The minimum absolute atomic E-state index is 0.266. The first kappa shape index (κ1) is 22.6. The lowest BCUT2D eigenvalue weighted by Crippen LogP contribution is -2.15. The monoisotopic (exact) mass is 494 g/mol. The molecule has 5 heteroatoms. The third-order valence-electron chi connectivity index (χ3n) is 6.86. The van der Waals surface area contributed by atoms with Crippen LogP contribution in [0.25, 0.3) is 43.8 Å². The van der Waals surface area contributed by atoms with Crippen LogP contribution in [0.1, 0.15) is 31.7 Å². The van der Waals surface area contributed by atoms with E-state index in [1.54, 1.807) is 12.1 Å². The molecule has 0 unspecified atom stereocenters. The van der Waals surface area contributed by atoms with Crippen molar-refractivity contribution in [2.24, 2.45) is 0 Å². The molecule has 6 rings (SSSR count). The van der Waals surface area contributed by atoms with Crippen LogP contribution in [0.3, 0.4) is 0 Å². The molecule has 0 saturated heterocycles. The van der Waals surface area contributed by atoms with E-state index in [9.17, 15) is 8.42 Å². The van der Waals surface area contributed by atoms with E-state index >= 15 is 0 Å². The Balaban J connectivity index is 1.50. The average molecular weight is 495 g/mol. The molecule has 0 aliphatic carbocycles. The van der Waals surface area contributed by atoms with Gasteiger partial charge in [-0.1, -0.05) is 92.6 Å². The van der Waals surface area contributed by atoms with Crippen LogP contribution in [-0.4, -0.2) is 8.42 Å². The lowest BCUT2D eigenvalue weighted by Gasteiger charge is -2.14. The maximum atomic E-state index is 12.6. The maximum absolute atomic E-state index is 12.6. The molecule has 0 atom stereocenters. The topological polar surface area (TPSA) is 52.6 Å². The van der Waals surface area contributed by atoms with Crippen LogP contribution < -0.4 is 8.37 Å². The Bertz CT molecular complexity index is 1700. The van der Waals surface area contributed by atoms with E-state index in [4.69, 9.17) is 8.37 Å². The molecule has 0 amide bonds. The Hall–Kier alpha value is -3.83. The van der Waals surface area contributed by atoms with Crippen molar-refractivity contribution in [2.45, 2.75) is 32.6 Å². The molecule has 180 valence electrons. The van der Waals surface area contributed by atoms with Gasteiger partial charge in [0.15, 0.2) is 11.5 Å². The summed E-state index contributed by atoms with van der Waals surface area (Å²) in [5.41, 5.74) is 5.07. The Morgan fingerprint density at radius 3 is 2.00 bits per heavy atom. The van der Waals surface area contributed by atoms with Crippen molar-refractivity contribution in [3.05, 3.63) is 96.6 Å². The average Bonchev–Trinajstić information content (AvgIpc) is 3.01. The van der Waals surface area contributed by atoms with Crippen molar-refractivity contribution in [2.75, 3.05) is 0 Å². The van der Waals surface area contributed by atoms with Gasteiger partial charge < -0.3 is 8.37 Å². The number of hydrogen-bond acceptors (Lipinski definition) is 4. The summed E-state index contributed by atoms with van der Waals surface area (Å²) in [7, 11) is -4.25. The molecule has 36 heavy (non-hydrogen) atoms. The van der Waals surface area contributed by atoms with Crippen LogP contribution in [-0.2, 0) is 16.8 Å². The lowest BCUT2D eigenvalue weighted by atomic mass is 9.91. The molecule has 5 aromatic rings. The Kier molecular flexibility index (Phi) is 5.65. The molecule has 1 aliphatic rings. The van der Waals surface area contributed by atoms with Gasteiger partial charge in [-0.05, 0) is 69.3 Å². The van der Waals surface area contributed by atoms with E-state index in [2.05, 4.69) is 43.3 Å². The molecule has 0 N–H and O–H groups in total. The molecule has 0 aromatic heterocycles. The molecule has 0 fully saturated rings. The van der Waals surface area contributed by atoms with Gasteiger partial charge in [0.25, 0.3) is 0 Å². The summed E-state index contributed by atoms with van der Waals surface area (Å²) in [6, 6.07) is 30.1. The van der Waals surface area contributed by atoms with E-state index in [1.165, 1.54) is 24.8 Å². The smallest absolute Gasteiger partial charge is 0.352 e. The third kappa shape index (κ3) is 4.10. The normalized spacial score (nSPS) is 13.9. The number of aryl methyl sites for hydroxylation is 1. The maximum Gasteiger partial charge on any atom is 0.501 e. The second-order valence-electron chi connectivity index (χ2n) is 9.26. The summed E-state index contributed by atoms with van der Waals surface area (Å²) in [6.45, 7) is 2.22. The Labute approximate surface area is 211 Å². The van der Waals surface area contributed by atoms with Gasteiger partial charge in [0, 0.05) is 11.1 Å². The van der Waals surface area contributed by atoms with E-state index < -0.39 is 10.4 Å². The fourth-order valence-corrected chi connectivity index (χ4v) is 5.83. The first-order valence-corrected chi connectivity index (χ1v) is 13.7. The summed E-state index contributed by atoms with van der Waals surface area (Å²) < 4.78 is 35.9. The third-order valence-corrected chi connectivity index (χ3v) is 7.63. The van der Waals surface area contributed by atoms with E-state index in [-0.39, 0.29) is 11.5 Å². The van der Waals surface area contributed by atoms with Crippen molar-refractivity contribution >= 4 is 31.9 Å². The summed E-state index contributed by atoms with van der Waals surface area (Å²) >= 11 is 0. The van der Waals surface area contributed by atoms with Gasteiger partial charge in [0.2, 0.25) is 0 Å². The van der Waals surface area contributed by atoms with Crippen molar-refractivity contribution in [1.29, 1.82) is 0 Å². The first-order valence-electron chi connectivity index (χ1n) is 12.3. The van der Waals surface area contributed by atoms with E-state index in [0.29, 0.717) is 0 Å². The summed E-state index contributed by atoms with van der Waals surface area (Å²) in [5.74, 6) is 0.532. The van der Waals surface area contributed by atoms with Crippen LogP contribution in [0.5, 0.6) is 11.5 Å². The van der Waals surface area contributed by atoms with Gasteiger partial charge in [-0.15, -0.1) is 8.42 Å². The fraction of sp³-hybridized carbons (Fsp3) is 0.161. The number of unbranched alkanes of at least 4 members (excludes halogenated alkanes) is 2. The second kappa shape index (κ2) is 8.99. The van der Waals surface area contributed by atoms with Crippen LogP contribution in [0.15, 0.2) is 91.0 Å². The Morgan fingerprint density at radius 1 is 0.639 bits per heavy atom. The molecule has 4 nitrogen and oxygen atoms in total. The molecular weight excluding hydrogens is 468 g/mol. The van der Waals surface area contributed by atoms with E-state index in [1.807, 2.05) is 42.5 Å². The minimum atomic E-state index is -4.25. The van der Waals surface area contributed by atoms with Crippen LogP contribution in [0, 0.1) is 0 Å². The highest BCUT2D eigenvalue weighted by atomic mass is 32.3. The van der Waals surface area contributed by atoms with Gasteiger partial charge in [-0.25, -0.2) is 0 Å². The second-order valence-corrected chi connectivity index (χ2v) is 10.4. The molecule has 0 saturated carbocycles. The zero-order valence-corrected chi connectivity index (χ0v) is 20.8. The summed E-state index contributed by atoms with van der Waals surface area (Å²) in [6.07, 6.45) is 4.80. The highest BCUT2D eigenvalue weighted by Gasteiger charge is 2.29. The largest absolute Gasteiger partial charge is 0.501 e. The van der Waals surface area contributed by atoms with Crippen molar-refractivity contribution < 1.29 is 16.8 Å². The number of fused-ring (bicyclic) bond motifs is 7.